The Morgan fingerprint density at radius 1 is 1.27 bits per heavy atom. The van der Waals surface area contributed by atoms with E-state index in [0.717, 1.165) is 0 Å². The minimum Gasteiger partial charge on any atom is -0.481 e. The average Bonchev–Trinajstić information content (AvgIpc) is 2.81. The number of aliphatic carboxylic acids is 1. The van der Waals surface area contributed by atoms with E-state index in [2.05, 4.69) is 0 Å². The third kappa shape index (κ3) is 9.15. The zero-order valence-corrected chi connectivity index (χ0v) is 16.2. The molecule has 1 saturated carbocycles. The fourth-order valence-electron chi connectivity index (χ4n) is 3.34. The molecule has 0 aliphatic heterocycles. The van der Waals surface area contributed by atoms with Gasteiger partial charge in [-0.15, -0.1) is 11.6 Å². The molecule has 1 aliphatic rings. The van der Waals surface area contributed by atoms with Crippen molar-refractivity contribution >= 4 is 17.6 Å². The molecule has 3 N–H and O–H groups in total. The first kappa shape index (κ1) is 23.1. The van der Waals surface area contributed by atoms with Gasteiger partial charge in [0.15, 0.2) is 0 Å². The van der Waals surface area contributed by atoms with Gasteiger partial charge in [-0.05, 0) is 57.8 Å². The van der Waals surface area contributed by atoms with Crippen molar-refractivity contribution in [1.29, 1.82) is 0 Å². The maximum absolute atomic E-state index is 14.3. The minimum atomic E-state index is -1.01. The quantitative estimate of drug-likeness (QED) is 0.264. The molecule has 1 aliphatic carbocycles. The zero-order chi connectivity index (χ0) is 19.5. The number of carbonyl (C=O) groups is 1. The summed E-state index contributed by atoms with van der Waals surface area (Å²) in [4.78, 5) is 10.5. The van der Waals surface area contributed by atoms with Gasteiger partial charge in [0.2, 0.25) is 0 Å². The van der Waals surface area contributed by atoms with Gasteiger partial charge in [0, 0.05) is 17.7 Å². The normalized spacial score (nSPS) is 28.8. The lowest BCUT2D eigenvalue weighted by atomic mass is 9.90. The summed E-state index contributed by atoms with van der Waals surface area (Å²) in [6.07, 6.45) is 9.56. The van der Waals surface area contributed by atoms with Gasteiger partial charge in [-0.2, -0.15) is 0 Å². The maximum atomic E-state index is 14.3. The molecule has 26 heavy (non-hydrogen) atoms. The molecule has 0 aromatic rings. The van der Waals surface area contributed by atoms with Gasteiger partial charge in [-0.25, -0.2) is 4.39 Å². The van der Waals surface area contributed by atoms with E-state index in [4.69, 9.17) is 16.7 Å². The van der Waals surface area contributed by atoms with Crippen LogP contribution in [0.2, 0.25) is 0 Å². The summed E-state index contributed by atoms with van der Waals surface area (Å²) in [6.45, 7) is 1.72. The molecule has 0 aromatic carbocycles. The van der Waals surface area contributed by atoms with Crippen molar-refractivity contribution in [3.8, 4) is 0 Å². The van der Waals surface area contributed by atoms with Gasteiger partial charge in [0.05, 0.1) is 12.2 Å². The number of alkyl halides is 2. The van der Waals surface area contributed by atoms with Crippen LogP contribution in [0.1, 0.15) is 58.3 Å². The first-order valence-electron chi connectivity index (χ1n) is 9.50. The third-order valence-electron chi connectivity index (χ3n) is 4.84. The molecule has 0 aromatic heterocycles. The Morgan fingerprint density at radius 2 is 2.00 bits per heavy atom. The minimum absolute atomic E-state index is 0.0247. The molecule has 6 heteroatoms. The Labute approximate surface area is 160 Å². The Balaban J connectivity index is 2.46. The molecule has 0 spiro atoms. The molecule has 0 bridgehead atoms. The van der Waals surface area contributed by atoms with E-state index in [-0.39, 0.29) is 29.7 Å². The average molecular weight is 391 g/mol. The van der Waals surface area contributed by atoms with E-state index in [9.17, 15) is 19.4 Å². The molecule has 6 atom stereocenters. The number of halogens is 2. The largest absolute Gasteiger partial charge is 0.481 e. The first-order valence-corrected chi connectivity index (χ1v) is 9.94. The molecule has 150 valence electrons. The monoisotopic (exact) mass is 390 g/mol. The number of hydrogen-bond acceptors (Lipinski definition) is 3. The summed E-state index contributed by atoms with van der Waals surface area (Å²) in [5.74, 6) is -1.14. The summed E-state index contributed by atoms with van der Waals surface area (Å²) in [6, 6.07) is 0. The SMILES string of the molecule is C[C@@H](O)CCC[C@H](O)/C=C/[C@@H]1[C@@H](C/C=C\CCCC(=O)O)[C@H](Cl)C[C@H]1F. The molecule has 0 unspecified atom stereocenters. The van der Waals surface area contributed by atoms with Crippen LogP contribution in [0, 0.1) is 11.8 Å². The highest BCUT2D eigenvalue weighted by atomic mass is 35.5. The van der Waals surface area contributed by atoms with Gasteiger partial charge >= 0.3 is 5.97 Å². The van der Waals surface area contributed by atoms with Crippen molar-refractivity contribution in [2.45, 2.75) is 82.0 Å². The van der Waals surface area contributed by atoms with Gasteiger partial charge in [-0.3, -0.25) is 4.79 Å². The number of aliphatic hydroxyl groups is 2. The summed E-state index contributed by atoms with van der Waals surface area (Å²) in [5, 5.41) is 27.6. The Kier molecular flexibility index (Phi) is 11.1. The second-order valence-corrected chi connectivity index (χ2v) is 7.79. The molecule has 0 radical (unpaired) electrons. The number of allylic oxidation sites excluding steroid dienone is 3. The summed E-state index contributed by atoms with van der Waals surface area (Å²) in [5.41, 5.74) is 0. The van der Waals surface area contributed by atoms with E-state index < -0.39 is 18.2 Å². The predicted octanol–water partition coefficient (Wildman–Crippen LogP) is 4.24. The number of unbranched alkanes of at least 4 members (excludes halogenated alkanes) is 1. The van der Waals surface area contributed by atoms with Crippen molar-refractivity contribution in [2.75, 3.05) is 0 Å². The number of carboxylic acids is 1. The fourth-order valence-corrected chi connectivity index (χ4v) is 3.78. The number of aliphatic hydroxyl groups excluding tert-OH is 2. The summed E-state index contributed by atoms with van der Waals surface area (Å²) < 4.78 is 14.3. The molecular formula is C20H32ClFO4. The molecule has 4 nitrogen and oxygen atoms in total. The molecule has 0 saturated heterocycles. The van der Waals surface area contributed by atoms with Crippen molar-refractivity contribution < 1.29 is 24.5 Å². The van der Waals surface area contributed by atoms with Gasteiger partial charge < -0.3 is 15.3 Å². The molecule has 0 heterocycles. The first-order chi connectivity index (χ1) is 12.3. The van der Waals surface area contributed by atoms with Gasteiger partial charge in [0.1, 0.15) is 6.17 Å². The van der Waals surface area contributed by atoms with E-state index >= 15 is 0 Å². The third-order valence-corrected chi connectivity index (χ3v) is 5.34. The van der Waals surface area contributed by atoms with Crippen LogP contribution in [0.4, 0.5) is 4.39 Å². The van der Waals surface area contributed by atoms with Gasteiger partial charge in [0.25, 0.3) is 0 Å². The maximum Gasteiger partial charge on any atom is 0.303 e. The number of hydrogen-bond donors (Lipinski definition) is 3. The van der Waals surface area contributed by atoms with Crippen LogP contribution in [-0.2, 0) is 4.79 Å². The molecular weight excluding hydrogens is 359 g/mol. The van der Waals surface area contributed by atoms with Crippen LogP contribution < -0.4 is 0 Å². The van der Waals surface area contributed by atoms with Crippen molar-refractivity contribution in [2.24, 2.45) is 11.8 Å². The highest BCUT2D eigenvalue weighted by Gasteiger charge is 2.40. The Hall–Kier alpha value is -0.910. The lowest BCUT2D eigenvalue weighted by molar-refractivity contribution is -0.137. The second-order valence-electron chi connectivity index (χ2n) is 7.23. The second kappa shape index (κ2) is 12.5. The Bertz CT molecular complexity index is 467. The summed E-state index contributed by atoms with van der Waals surface area (Å²) in [7, 11) is 0. The number of rotatable bonds is 12. The van der Waals surface area contributed by atoms with E-state index in [0.29, 0.717) is 44.9 Å². The van der Waals surface area contributed by atoms with E-state index in [1.54, 1.807) is 19.1 Å². The van der Waals surface area contributed by atoms with E-state index in [1.807, 2.05) is 12.2 Å². The van der Waals surface area contributed by atoms with Crippen molar-refractivity contribution in [3.63, 3.8) is 0 Å². The molecule has 1 fully saturated rings. The van der Waals surface area contributed by atoms with Crippen LogP contribution in [0.15, 0.2) is 24.3 Å². The van der Waals surface area contributed by atoms with E-state index in [1.165, 1.54) is 0 Å². The van der Waals surface area contributed by atoms with Crippen LogP contribution in [0.5, 0.6) is 0 Å². The van der Waals surface area contributed by atoms with Gasteiger partial charge in [-0.1, -0.05) is 24.3 Å². The van der Waals surface area contributed by atoms with Crippen LogP contribution >= 0.6 is 11.6 Å². The van der Waals surface area contributed by atoms with Crippen molar-refractivity contribution in [1.82, 2.24) is 0 Å². The highest BCUT2D eigenvalue weighted by molar-refractivity contribution is 6.21. The van der Waals surface area contributed by atoms with Crippen LogP contribution in [-0.4, -0.2) is 45.0 Å². The lowest BCUT2D eigenvalue weighted by Crippen LogP contribution is -2.17. The highest BCUT2D eigenvalue weighted by Crippen LogP contribution is 2.41. The van der Waals surface area contributed by atoms with Crippen LogP contribution in [0.25, 0.3) is 0 Å². The lowest BCUT2D eigenvalue weighted by Gasteiger charge is -2.18. The topological polar surface area (TPSA) is 77.8 Å². The molecule has 1 rings (SSSR count). The number of carboxylic acid groups (broad SMARTS) is 1. The standard InChI is InChI=1S/C20H32ClFO4/c1-14(23)7-6-8-15(24)11-12-17-16(18(21)13-19(17)22)9-4-2-3-5-10-20(25)26/h2,4,11-12,14-19,23-24H,3,5-10,13H2,1H3,(H,25,26)/b4-2-,12-11+/t14-,15+,16-,17-,18-,19-/m1/s1. The predicted molar refractivity (Wildman–Crippen MR) is 102 cm³/mol. The Morgan fingerprint density at radius 3 is 2.65 bits per heavy atom. The summed E-state index contributed by atoms with van der Waals surface area (Å²) >= 11 is 6.31. The fraction of sp³-hybridized carbons (Fsp3) is 0.750. The zero-order valence-electron chi connectivity index (χ0n) is 15.4. The van der Waals surface area contributed by atoms with Crippen LogP contribution in [0.3, 0.4) is 0 Å². The smallest absolute Gasteiger partial charge is 0.303 e. The molecule has 0 amide bonds. The van der Waals surface area contributed by atoms with Crippen molar-refractivity contribution in [3.05, 3.63) is 24.3 Å².